The molecule has 0 unspecified atom stereocenters. The third-order valence-electron chi connectivity index (χ3n) is 11.3. The van der Waals surface area contributed by atoms with E-state index < -0.39 is 0 Å². The van der Waals surface area contributed by atoms with E-state index in [2.05, 4.69) is 103 Å². The number of rotatable bonds is 4. The average Bonchev–Trinajstić information content (AvgIpc) is 3.81. The maximum Gasteiger partial charge on any atom is 0.183 e. The van der Waals surface area contributed by atoms with Crippen LogP contribution in [0.25, 0.3) is 5.69 Å². The van der Waals surface area contributed by atoms with Crippen LogP contribution in [0.1, 0.15) is 80.2 Å². The molecule has 0 aliphatic carbocycles. The third-order valence-corrected chi connectivity index (χ3v) is 12.0. The van der Waals surface area contributed by atoms with E-state index in [0.29, 0.717) is 40.7 Å². The molecule has 0 saturated carbocycles. The normalized spacial score (nSPS) is 20.7. The number of benzene rings is 2. The molecule has 4 saturated heterocycles. The highest BCUT2D eigenvalue weighted by Gasteiger charge is 2.38. The first-order valence-electron chi connectivity index (χ1n) is 19.9. The molecule has 0 amide bonds. The fraction of sp³-hybridized carbons (Fsp3) is 0.378. The Bertz CT molecular complexity index is 2490. The number of piperidine rings is 2. The Hall–Kier alpha value is -6.49. The lowest BCUT2D eigenvalue weighted by atomic mass is 9.92. The molecule has 4 atom stereocenters. The lowest BCUT2D eigenvalue weighted by Gasteiger charge is -2.48. The Kier molecular flexibility index (Phi) is 15.3. The molecule has 4 aliphatic heterocycles. The standard InChI is InChI=1S/C22H21N9.C15H17N5.C7H4IN.CH4/c23-12-16-3-1-4-17(11-16)31-15-20(27-28-31)21-6-2-5-18-14-29(9-10-30(18)21)22-19(13-24)25-7-8-26-22;1-2-12-4-3-5-13-11-19(8-9-20(12)13)15-14(10-16)17-6-7-18-15;8-7-3-1-2-6(4-7)5-9;/h1,3-4,7-8,11,15,18,21H,2,5-6,9-10,14H2;1,6-7,12-13H,3-5,8-9,11H2;1-4H;1H4/t18-,21+;12-,13-;;/m00../s1. The van der Waals surface area contributed by atoms with Gasteiger partial charge in [0.05, 0.1) is 47.2 Å². The molecule has 15 nitrogen and oxygen atoms in total. The van der Waals surface area contributed by atoms with Crippen LogP contribution in [-0.2, 0) is 0 Å². The van der Waals surface area contributed by atoms with E-state index in [9.17, 15) is 5.26 Å². The van der Waals surface area contributed by atoms with Crippen molar-refractivity contribution in [3.8, 4) is 42.3 Å². The summed E-state index contributed by atoms with van der Waals surface area (Å²) in [5.41, 5.74) is 3.90. The lowest BCUT2D eigenvalue weighted by molar-refractivity contribution is 0.0691. The van der Waals surface area contributed by atoms with Crippen LogP contribution in [0.4, 0.5) is 11.6 Å². The summed E-state index contributed by atoms with van der Waals surface area (Å²) < 4.78 is 2.85. The second kappa shape index (κ2) is 21.2. The highest BCUT2D eigenvalue weighted by Crippen LogP contribution is 2.36. The van der Waals surface area contributed by atoms with E-state index in [1.54, 1.807) is 41.6 Å². The van der Waals surface area contributed by atoms with Crippen LogP contribution in [0.5, 0.6) is 0 Å². The van der Waals surface area contributed by atoms with Crippen molar-refractivity contribution < 1.29 is 0 Å². The molecule has 4 aliphatic rings. The van der Waals surface area contributed by atoms with Gasteiger partial charge in [-0.2, -0.15) is 21.0 Å². The number of nitriles is 4. The number of piperazine rings is 2. The van der Waals surface area contributed by atoms with Gasteiger partial charge in [0, 0.05) is 79.7 Å². The van der Waals surface area contributed by atoms with Crippen molar-refractivity contribution in [1.29, 1.82) is 21.0 Å². The molecule has 0 spiro atoms. The SMILES string of the molecule is C.C#C[C@H]1CCC[C@H]2CN(c3nccnc3C#N)CCN21.N#Cc1cccc(-n2cc([C@H]3CCC[C@H]4CN(c5nccnc5C#N)CCN43)nn2)c1.N#Cc1cccc(I)c1. The highest BCUT2D eigenvalue weighted by molar-refractivity contribution is 14.1. The molecule has 5 aromatic rings. The van der Waals surface area contributed by atoms with E-state index in [-0.39, 0.29) is 19.5 Å². The van der Waals surface area contributed by atoms with Gasteiger partial charge in [-0.3, -0.25) is 9.80 Å². The molecule has 0 N–H and O–H groups in total. The summed E-state index contributed by atoms with van der Waals surface area (Å²) in [7, 11) is 0. The molecular weight excluding hydrogens is 878 g/mol. The van der Waals surface area contributed by atoms with Crippen LogP contribution in [0, 0.1) is 61.2 Å². The topological polar surface area (TPSA) is 190 Å². The summed E-state index contributed by atoms with van der Waals surface area (Å²) in [5, 5.41) is 44.9. The first kappa shape index (κ1) is 44.1. The molecule has 308 valence electrons. The van der Waals surface area contributed by atoms with Crippen molar-refractivity contribution in [2.45, 2.75) is 70.1 Å². The summed E-state index contributed by atoms with van der Waals surface area (Å²) in [4.78, 5) is 26.3. The summed E-state index contributed by atoms with van der Waals surface area (Å²) in [6.07, 6.45) is 20.7. The Morgan fingerprint density at radius 2 is 1.23 bits per heavy atom. The second-order valence-corrected chi connectivity index (χ2v) is 16.0. The number of anilines is 2. The highest BCUT2D eigenvalue weighted by atomic mass is 127. The fourth-order valence-electron chi connectivity index (χ4n) is 8.49. The zero-order valence-electron chi connectivity index (χ0n) is 33.0. The quantitative estimate of drug-likeness (QED) is 0.150. The van der Waals surface area contributed by atoms with Gasteiger partial charge in [0.25, 0.3) is 0 Å². The number of hydrogen-bond donors (Lipinski definition) is 0. The molecule has 0 bridgehead atoms. The summed E-state index contributed by atoms with van der Waals surface area (Å²) in [6, 6.07) is 24.7. The van der Waals surface area contributed by atoms with Crippen molar-refractivity contribution in [3.05, 3.63) is 111 Å². The van der Waals surface area contributed by atoms with Crippen LogP contribution >= 0.6 is 22.6 Å². The third kappa shape index (κ3) is 10.5. The van der Waals surface area contributed by atoms with Crippen molar-refractivity contribution in [2.24, 2.45) is 0 Å². The van der Waals surface area contributed by atoms with E-state index in [4.69, 9.17) is 22.2 Å². The molecule has 9 rings (SSSR count). The maximum absolute atomic E-state index is 9.38. The predicted molar refractivity (Wildman–Crippen MR) is 239 cm³/mol. The monoisotopic (exact) mass is 923 g/mol. The van der Waals surface area contributed by atoms with Crippen LogP contribution in [0.3, 0.4) is 0 Å². The van der Waals surface area contributed by atoms with Gasteiger partial charge >= 0.3 is 0 Å². The first-order valence-corrected chi connectivity index (χ1v) is 21.0. The van der Waals surface area contributed by atoms with Gasteiger partial charge in [0.2, 0.25) is 0 Å². The smallest absolute Gasteiger partial charge is 0.183 e. The molecule has 3 aromatic heterocycles. The number of nitrogens with zero attached hydrogens (tertiary/aromatic N) is 15. The Labute approximate surface area is 371 Å². The maximum atomic E-state index is 9.38. The molecule has 2 aromatic carbocycles. The van der Waals surface area contributed by atoms with Crippen LogP contribution < -0.4 is 9.80 Å². The van der Waals surface area contributed by atoms with E-state index in [0.717, 1.165) is 91.9 Å². The predicted octanol–water partition coefficient (Wildman–Crippen LogP) is 6.04. The van der Waals surface area contributed by atoms with Crippen LogP contribution in [-0.4, -0.2) is 102 Å². The van der Waals surface area contributed by atoms with Gasteiger partial charge < -0.3 is 9.80 Å². The molecule has 0 radical (unpaired) electrons. The van der Waals surface area contributed by atoms with E-state index in [1.807, 2.05) is 42.6 Å². The zero-order chi connectivity index (χ0) is 41.8. The number of aromatic nitrogens is 7. The number of fused-ring (bicyclic) bond motifs is 2. The zero-order valence-corrected chi connectivity index (χ0v) is 35.1. The largest absolute Gasteiger partial charge is 0.351 e. The van der Waals surface area contributed by atoms with Gasteiger partial charge in [-0.1, -0.05) is 30.7 Å². The lowest BCUT2D eigenvalue weighted by Crippen LogP contribution is -2.58. The van der Waals surface area contributed by atoms with Gasteiger partial charge in [-0.25, -0.2) is 24.6 Å². The van der Waals surface area contributed by atoms with Crippen molar-refractivity contribution in [2.75, 3.05) is 49.1 Å². The van der Waals surface area contributed by atoms with Gasteiger partial charge in [-0.05, 0) is 97.5 Å². The van der Waals surface area contributed by atoms with Crippen molar-refractivity contribution in [3.63, 3.8) is 0 Å². The number of terminal acetylenes is 1. The fourth-order valence-corrected chi connectivity index (χ4v) is 9.04. The molecule has 4 fully saturated rings. The Morgan fingerprint density at radius 3 is 1.82 bits per heavy atom. The van der Waals surface area contributed by atoms with Gasteiger partial charge in [-0.15, -0.1) is 11.5 Å². The van der Waals surface area contributed by atoms with Gasteiger partial charge in [0.15, 0.2) is 23.0 Å². The molecule has 61 heavy (non-hydrogen) atoms. The first-order chi connectivity index (χ1) is 29.4. The Balaban J connectivity index is 0.000000177. The second-order valence-electron chi connectivity index (χ2n) is 14.8. The molecule has 16 heteroatoms. The molecule has 7 heterocycles. The van der Waals surface area contributed by atoms with Crippen LogP contribution in [0.2, 0.25) is 0 Å². The van der Waals surface area contributed by atoms with Crippen molar-refractivity contribution in [1.82, 2.24) is 44.7 Å². The summed E-state index contributed by atoms with van der Waals surface area (Å²) >= 11 is 2.18. The summed E-state index contributed by atoms with van der Waals surface area (Å²) in [5.74, 6) is 4.29. The molecular formula is C45H46IN15. The average molecular weight is 924 g/mol. The number of hydrogen-bond acceptors (Lipinski definition) is 14. The van der Waals surface area contributed by atoms with E-state index >= 15 is 0 Å². The summed E-state index contributed by atoms with van der Waals surface area (Å²) in [6.45, 7) is 5.14. The minimum atomic E-state index is 0. The Morgan fingerprint density at radius 1 is 0.656 bits per heavy atom. The van der Waals surface area contributed by atoms with Crippen molar-refractivity contribution >= 4 is 34.2 Å². The number of halogens is 1. The minimum absolute atomic E-state index is 0. The van der Waals surface area contributed by atoms with E-state index in [1.165, 1.54) is 6.42 Å². The minimum Gasteiger partial charge on any atom is -0.351 e. The van der Waals surface area contributed by atoms with Gasteiger partial charge in [0.1, 0.15) is 17.8 Å². The van der Waals surface area contributed by atoms with Crippen LogP contribution in [0.15, 0.2) is 79.5 Å².